The lowest BCUT2D eigenvalue weighted by molar-refractivity contribution is -0.118. The second kappa shape index (κ2) is 8.00. The summed E-state index contributed by atoms with van der Waals surface area (Å²) in [5, 5.41) is 10.2. The van der Waals surface area contributed by atoms with Crippen LogP contribution in [0.25, 0.3) is 22.3 Å². The fraction of sp³-hybridized carbons (Fsp3) is 0.182. The van der Waals surface area contributed by atoms with Crippen LogP contribution in [-0.4, -0.2) is 24.6 Å². The van der Waals surface area contributed by atoms with Gasteiger partial charge in [-0.1, -0.05) is 6.08 Å². The SMILES string of the molecule is C=CCc1cc(-c2cc(=O)c3c(O)cc(OCC(C)=O)cc3o2)ccc1OC. The minimum atomic E-state index is -0.382. The Morgan fingerprint density at radius 2 is 2.04 bits per heavy atom. The van der Waals surface area contributed by atoms with Crippen molar-refractivity contribution in [1.29, 1.82) is 0 Å². The van der Waals surface area contributed by atoms with Gasteiger partial charge in [0, 0.05) is 23.8 Å². The number of ketones is 1. The quantitative estimate of drug-likeness (QED) is 0.626. The van der Waals surface area contributed by atoms with Crippen molar-refractivity contribution >= 4 is 16.8 Å². The van der Waals surface area contributed by atoms with Gasteiger partial charge in [-0.2, -0.15) is 0 Å². The predicted molar refractivity (Wildman–Crippen MR) is 106 cm³/mol. The Bertz CT molecular complexity index is 1110. The van der Waals surface area contributed by atoms with E-state index in [4.69, 9.17) is 13.9 Å². The number of ether oxygens (including phenoxy) is 2. The Morgan fingerprint density at radius 1 is 1.25 bits per heavy atom. The molecule has 6 heteroatoms. The third kappa shape index (κ3) is 3.91. The molecule has 144 valence electrons. The molecule has 1 aromatic heterocycles. The van der Waals surface area contributed by atoms with E-state index in [-0.39, 0.29) is 40.3 Å². The van der Waals surface area contributed by atoms with Gasteiger partial charge in [0.05, 0.1) is 7.11 Å². The molecule has 3 rings (SSSR count). The van der Waals surface area contributed by atoms with E-state index in [0.29, 0.717) is 23.5 Å². The van der Waals surface area contributed by atoms with Crippen LogP contribution in [-0.2, 0) is 11.2 Å². The molecule has 0 atom stereocenters. The van der Waals surface area contributed by atoms with Crippen LogP contribution in [0.4, 0.5) is 0 Å². The number of phenolic OH excluding ortho intramolecular Hbond substituents is 1. The Morgan fingerprint density at radius 3 is 2.71 bits per heavy atom. The van der Waals surface area contributed by atoms with Crippen molar-refractivity contribution in [3.8, 4) is 28.6 Å². The summed E-state index contributed by atoms with van der Waals surface area (Å²) >= 11 is 0. The Kier molecular flexibility index (Phi) is 5.49. The van der Waals surface area contributed by atoms with E-state index in [9.17, 15) is 14.7 Å². The molecule has 2 aromatic carbocycles. The van der Waals surface area contributed by atoms with E-state index in [1.165, 1.54) is 25.1 Å². The summed E-state index contributed by atoms with van der Waals surface area (Å²) in [6, 6.07) is 9.54. The maximum Gasteiger partial charge on any atom is 0.197 e. The smallest absolute Gasteiger partial charge is 0.197 e. The van der Waals surface area contributed by atoms with E-state index in [1.54, 1.807) is 25.3 Å². The molecule has 1 heterocycles. The molecule has 0 aliphatic carbocycles. The Labute approximate surface area is 161 Å². The maximum absolute atomic E-state index is 12.5. The molecule has 0 unspecified atom stereocenters. The number of aromatic hydroxyl groups is 1. The number of benzene rings is 2. The van der Waals surface area contributed by atoms with Gasteiger partial charge in [0.25, 0.3) is 0 Å². The summed E-state index contributed by atoms with van der Waals surface area (Å²) in [5.41, 5.74) is 1.38. The van der Waals surface area contributed by atoms with Crippen molar-refractivity contribution in [2.24, 2.45) is 0 Å². The number of phenols is 1. The van der Waals surface area contributed by atoms with Crippen LogP contribution in [0.5, 0.6) is 17.2 Å². The normalized spacial score (nSPS) is 10.6. The summed E-state index contributed by atoms with van der Waals surface area (Å²) in [4.78, 5) is 23.7. The number of allylic oxidation sites excluding steroid dienone is 1. The molecule has 3 aromatic rings. The van der Waals surface area contributed by atoms with Crippen molar-refractivity contribution in [2.45, 2.75) is 13.3 Å². The molecule has 0 radical (unpaired) electrons. The number of methoxy groups -OCH3 is 1. The van der Waals surface area contributed by atoms with Gasteiger partial charge in [-0.15, -0.1) is 6.58 Å². The zero-order valence-corrected chi connectivity index (χ0v) is 15.7. The van der Waals surface area contributed by atoms with Gasteiger partial charge < -0.3 is 19.0 Å². The third-order valence-electron chi connectivity index (χ3n) is 4.15. The molecule has 0 amide bonds. The van der Waals surface area contributed by atoms with E-state index >= 15 is 0 Å². The fourth-order valence-corrected chi connectivity index (χ4v) is 2.90. The molecular weight excluding hydrogens is 360 g/mol. The van der Waals surface area contributed by atoms with Gasteiger partial charge in [-0.3, -0.25) is 9.59 Å². The topological polar surface area (TPSA) is 86.0 Å². The zero-order valence-electron chi connectivity index (χ0n) is 15.7. The summed E-state index contributed by atoms with van der Waals surface area (Å²) in [5.74, 6) is 0.863. The Hall–Kier alpha value is -3.54. The molecule has 0 saturated carbocycles. The van der Waals surface area contributed by atoms with E-state index in [1.807, 2.05) is 6.07 Å². The van der Waals surface area contributed by atoms with Crippen molar-refractivity contribution in [3.63, 3.8) is 0 Å². The van der Waals surface area contributed by atoms with Crippen molar-refractivity contribution in [1.82, 2.24) is 0 Å². The largest absolute Gasteiger partial charge is 0.507 e. The van der Waals surface area contributed by atoms with Crippen LogP contribution < -0.4 is 14.9 Å². The summed E-state index contributed by atoms with van der Waals surface area (Å²) < 4.78 is 16.5. The molecule has 0 saturated heterocycles. The van der Waals surface area contributed by atoms with Gasteiger partial charge in [0.1, 0.15) is 40.6 Å². The highest BCUT2D eigenvalue weighted by Crippen LogP contribution is 2.32. The van der Waals surface area contributed by atoms with Gasteiger partial charge in [-0.05, 0) is 37.1 Å². The number of fused-ring (bicyclic) bond motifs is 1. The van der Waals surface area contributed by atoms with Crippen LogP contribution in [0, 0.1) is 0 Å². The monoisotopic (exact) mass is 380 g/mol. The lowest BCUT2D eigenvalue weighted by Crippen LogP contribution is -2.07. The highest BCUT2D eigenvalue weighted by Gasteiger charge is 2.14. The summed E-state index contributed by atoms with van der Waals surface area (Å²) in [7, 11) is 1.59. The minimum Gasteiger partial charge on any atom is -0.507 e. The number of hydrogen-bond acceptors (Lipinski definition) is 6. The van der Waals surface area contributed by atoms with Gasteiger partial charge in [0.15, 0.2) is 11.2 Å². The third-order valence-corrected chi connectivity index (χ3v) is 4.15. The first-order chi connectivity index (χ1) is 13.4. The molecule has 0 bridgehead atoms. The number of hydrogen-bond donors (Lipinski definition) is 1. The molecule has 0 spiro atoms. The predicted octanol–water partition coefficient (Wildman–Crippen LogP) is 3.87. The molecular formula is C22H20O6. The van der Waals surface area contributed by atoms with Gasteiger partial charge in [0.2, 0.25) is 0 Å². The van der Waals surface area contributed by atoms with E-state index < -0.39 is 0 Å². The molecule has 0 fully saturated rings. The molecule has 28 heavy (non-hydrogen) atoms. The molecule has 0 aliphatic heterocycles. The minimum absolute atomic E-state index is 0.0544. The van der Waals surface area contributed by atoms with Crippen LogP contribution in [0.2, 0.25) is 0 Å². The number of carbonyl (C=O) groups is 1. The van der Waals surface area contributed by atoms with Crippen LogP contribution in [0.3, 0.4) is 0 Å². The molecule has 6 nitrogen and oxygen atoms in total. The lowest BCUT2D eigenvalue weighted by Gasteiger charge is -2.11. The van der Waals surface area contributed by atoms with E-state index in [0.717, 1.165) is 5.56 Å². The average molecular weight is 380 g/mol. The van der Waals surface area contributed by atoms with Gasteiger partial charge in [-0.25, -0.2) is 0 Å². The molecule has 1 N–H and O–H groups in total. The van der Waals surface area contributed by atoms with Gasteiger partial charge >= 0.3 is 0 Å². The average Bonchev–Trinajstić information content (AvgIpc) is 2.66. The van der Waals surface area contributed by atoms with Crippen LogP contribution >= 0.6 is 0 Å². The first kappa shape index (κ1) is 19.2. The second-order valence-corrected chi connectivity index (χ2v) is 6.30. The number of carbonyl (C=O) groups excluding carboxylic acids is 1. The lowest BCUT2D eigenvalue weighted by atomic mass is 10.0. The first-order valence-corrected chi connectivity index (χ1v) is 8.64. The summed E-state index contributed by atoms with van der Waals surface area (Å²) in [6.07, 6.45) is 2.35. The summed E-state index contributed by atoms with van der Waals surface area (Å²) in [6.45, 7) is 5.00. The molecule has 0 aliphatic rings. The van der Waals surface area contributed by atoms with Crippen molar-refractivity contribution in [3.05, 3.63) is 64.8 Å². The fourth-order valence-electron chi connectivity index (χ4n) is 2.90. The number of rotatable bonds is 7. The maximum atomic E-state index is 12.5. The highest BCUT2D eigenvalue weighted by atomic mass is 16.5. The zero-order chi connectivity index (χ0) is 20.3. The van der Waals surface area contributed by atoms with Crippen molar-refractivity contribution < 1.29 is 23.8 Å². The van der Waals surface area contributed by atoms with Crippen molar-refractivity contribution in [2.75, 3.05) is 13.7 Å². The van der Waals surface area contributed by atoms with E-state index in [2.05, 4.69) is 6.58 Å². The standard InChI is InChI=1S/C22H20O6/c1-4-5-14-8-15(6-7-19(14)26-3)20-11-18(25)22-17(24)9-16(10-21(22)28-20)27-12-13(2)23/h4,6-11,24H,1,5,12H2,2-3H3. The Balaban J connectivity index is 2.12. The highest BCUT2D eigenvalue weighted by molar-refractivity contribution is 5.86. The number of Topliss-reactive ketones (excluding diaryl/α,β-unsaturated/α-hetero) is 1. The van der Waals surface area contributed by atoms with Crippen LogP contribution in [0.1, 0.15) is 12.5 Å². The van der Waals surface area contributed by atoms with Crippen LogP contribution in [0.15, 0.2) is 58.3 Å². The second-order valence-electron chi connectivity index (χ2n) is 6.30. The first-order valence-electron chi connectivity index (χ1n) is 8.64.